The lowest BCUT2D eigenvalue weighted by Gasteiger charge is -2.40. The van der Waals surface area contributed by atoms with Gasteiger partial charge in [-0.15, -0.1) is 0 Å². The molecule has 1 N–H and O–H groups in total. The number of aromatic carboxylic acids is 1. The second-order valence-corrected chi connectivity index (χ2v) is 8.51. The summed E-state index contributed by atoms with van der Waals surface area (Å²) < 4.78 is 79.7. The van der Waals surface area contributed by atoms with E-state index in [-0.39, 0.29) is 24.3 Å². The van der Waals surface area contributed by atoms with E-state index in [0.717, 1.165) is 12.1 Å². The minimum Gasteiger partial charge on any atom is -0.478 e. The van der Waals surface area contributed by atoms with Crippen molar-refractivity contribution in [2.45, 2.75) is 31.2 Å². The maximum Gasteiger partial charge on any atom is 0.471 e. The minimum atomic E-state index is -5.43. The SMILES string of the molecule is CN1CCN(c2ccc(C(=O)O)c(N(C(=O)C(F)(F)F)C3CCCN(C(=O)C(F)(F)F)C3)c2)CC1. The molecule has 2 aliphatic heterocycles. The van der Waals surface area contributed by atoms with E-state index in [1.807, 2.05) is 16.8 Å². The van der Waals surface area contributed by atoms with E-state index < -0.39 is 54.0 Å². The smallest absolute Gasteiger partial charge is 0.471 e. The molecule has 0 saturated carbocycles. The maximum absolute atomic E-state index is 13.6. The molecule has 1 atom stereocenters. The van der Waals surface area contributed by atoms with Crippen LogP contribution in [0.5, 0.6) is 0 Å². The van der Waals surface area contributed by atoms with Gasteiger partial charge in [-0.25, -0.2) is 4.79 Å². The largest absolute Gasteiger partial charge is 0.478 e. The number of rotatable bonds is 4. The van der Waals surface area contributed by atoms with E-state index in [0.29, 0.717) is 36.8 Å². The maximum atomic E-state index is 13.6. The Bertz CT molecular complexity index is 976. The van der Waals surface area contributed by atoms with E-state index in [1.165, 1.54) is 6.07 Å². The normalized spacial score (nSPS) is 20.0. The van der Waals surface area contributed by atoms with Crippen LogP contribution in [0.3, 0.4) is 0 Å². The third-order valence-electron chi connectivity index (χ3n) is 6.09. The second-order valence-electron chi connectivity index (χ2n) is 8.51. The summed E-state index contributed by atoms with van der Waals surface area (Å²) in [5.74, 6) is -6.25. The first-order valence-corrected chi connectivity index (χ1v) is 10.8. The quantitative estimate of drug-likeness (QED) is 0.628. The molecule has 2 amide bonds. The molecule has 2 aliphatic rings. The Morgan fingerprint density at radius 1 is 0.971 bits per heavy atom. The van der Waals surface area contributed by atoms with Crippen LogP contribution in [0.25, 0.3) is 0 Å². The Morgan fingerprint density at radius 3 is 2.14 bits per heavy atom. The third-order valence-corrected chi connectivity index (χ3v) is 6.09. The van der Waals surface area contributed by atoms with Gasteiger partial charge in [0.1, 0.15) is 0 Å². The number of alkyl halides is 6. The second kappa shape index (κ2) is 9.91. The lowest BCUT2D eigenvalue weighted by molar-refractivity contribution is -0.186. The Hall–Kier alpha value is -3.03. The lowest BCUT2D eigenvalue weighted by Crippen LogP contribution is -2.57. The number of piperazine rings is 1. The van der Waals surface area contributed by atoms with Crippen molar-refractivity contribution in [3.63, 3.8) is 0 Å². The summed E-state index contributed by atoms with van der Waals surface area (Å²) in [4.78, 5) is 40.5. The van der Waals surface area contributed by atoms with Gasteiger partial charge in [0.05, 0.1) is 17.3 Å². The van der Waals surface area contributed by atoms with Crippen LogP contribution in [-0.2, 0) is 9.59 Å². The molecule has 14 heteroatoms. The number of carboxylic acid groups (broad SMARTS) is 1. The average molecular weight is 510 g/mol. The lowest BCUT2D eigenvalue weighted by atomic mass is 10.0. The number of hydrogen-bond donors (Lipinski definition) is 1. The van der Waals surface area contributed by atoms with Gasteiger partial charge in [0.15, 0.2) is 0 Å². The summed E-state index contributed by atoms with van der Waals surface area (Å²) in [7, 11) is 1.89. The Labute approximate surface area is 196 Å². The standard InChI is InChI=1S/C21H24F6N4O4/c1-28-7-9-29(10-8-28)13-4-5-15(17(32)33)16(11-13)31(19(35)21(25,26)27)14-3-2-6-30(12-14)18(34)20(22,23)24/h4-5,11,14H,2-3,6-10,12H2,1H3,(H,32,33). The number of likely N-dealkylation sites (N-methyl/N-ethyl adjacent to an activating group) is 1. The monoisotopic (exact) mass is 510 g/mol. The van der Waals surface area contributed by atoms with Crippen LogP contribution in [0.1, 0.15) is 23.2 Å². The number of hydrogen-bond acceptors (Lipinski definition) is 5. The third kappa shape index (κ3) is 5.97. The number of carboxylic acids is 1. The van der Waals surface area contributed by atoms with Crippen molar-refractivity contribution >= 4 is 29.2 Å². The van der Waals surface area contributed by atoms with Crippen molar-refractivity contribution in [3.8, 4) is 0 Å². The van der Waals surface area contributed by atoms with E-state index in [4.69, 9.17) is 0 Å². The first-order chi connectivity index (χ1) is 16.2. The minimum absolute atomic E-state index is 0.103. The number of piperidine rings is 1. The highest BCUT2D eigenvalue weighted by Crippen LogP contribution is 2.35. The van der Waals surface area contributed by atoms with Crippen molar-refractivity contribution in [2.75, 3.05) is 56.1 Å². The Morgan fingerprint density at radius 2 is 1.60 bits per heavy atom. The Kier molecular flexibility index (Phi) is 7.53. The van der Waals surface area contributed by atoms with Crippen LogP contribution < -0.4 is 9.80 Å². The molecule has 1 aromatic carbocycles. The van der Waals surface area contributed by atoms with E-state index in [1.54, 1.807) is 0 Å². The van der Waals surface area contributed by atoms with Gasteiger partial charge in [-0.2, -0.15) is 26.3 Å². The summed E-state index contributed by atoms with van der Waals surface area (Å²) in [6.45, 7) is 1.09. The number of halogens is 6. The van der Waals surface area contributed by atoms with Crippen LogP contribution in [0.15, 0.2) is 18.2 Å². The molecule has 0 bridgehead atoms. The first-order valence-electron chi connectivity index (χ1n) is 10.8. The van der Waals surface area contributed by atoms with Gasteiger partial charge >= 0.3 is 30.1 Å². The van der Waals surface area contributed by atoms with Crippen LogP contribution in [0, 0.1) is 0 Å². The number of amides is 2. The summed E-state index contributed by atoms with van der Waals surface area (Å²) in [6, 6.07) is 2.12. The molecule has 2 heterocycles. The van der Waals surface area contributed by atoms with Gasteiger partial charge in [0, 0.05) is 45.0 Å². The fraction of sp³-hybridized carbons (Fsp3) is 0.571. The fourth-order valence-electron chi connectivity index (χ4n) is 4.30. The zero-order valence-electron chi connectivity index (χ0n) is 18.7. The zero-order valence-corrected chi connectivity index (χ0v) is 18.7. The molecular weight excluding hydrogens is 486 g/mol. The Balaban J connectivity index is 2.06. The van der Waals surface area contributed by atoms with Crippen molar-refractivity contribution < 1.29 is 45.8 Å². The fourth-order valence-corrected chi connectivity index (χ4v) is 4.30. The molecule has 8 nitrogen and oxygen atoms in total. The number of likely N-dealkylation sites (tertiary alicyclic amines) is 1. The van der Waals surface area contributed by atoms with Gasteiger partial charge in [-0.3, -0.25) is 14.5 Å². The first kappa shape index (κ1) is 26.6. The molecule has 0 aromatic heterocycles. The van der Waals surface area contributed by atoms with Crippen molar-refractivity contribution in [2.24, 2.45) is 0 Å². The van der Waals surface area contributed by atoms with Gasteiger partial charge in [0.25, 0.3) is 0 Å². The summed E-state index contributed by atoms with van der Waals surface area (Å²) in [5, 5.41) is 9.63. The number of anilines is 2. The van der Waals surface area contributed by atoms with Crippen LogP contribution >= 0.6 is 0 Å². The van der Waals surface area contributed by atoms with E-state index in [9.17, 15) is 45.8 Å². The molecule has 1 aromatic rings. The molecule has 2 fully saturated rings. The molecule has 0 spiro atoms. The van der Waals surface area contributed by atoms with Crippen molar-refractivity contribution in [1.82, 2.24) is 9.80 Å². The zero-order chi connectivity index (χ0) is 26.1. The van der Waals surface area contributed by atoms with Gasteiger partial charge in [-0.05, 0) is 38.1 Å². The molecule has 194 valence electrons. The molecule has 0 radical (unpaired) electrons. The number of carbonyl (C=O) groups excluding carboxylic acids is 2. The summed E-state index contributed by atoms with van der Waals surface area (Å²) >= 11 is 0. The van der Waals surface area contributed by atoms with E-state index in [2.05, 4.69) is 0 Å². The molecule has 0 aliphatic carbocycles. The predicted octanol–water partition coefficient (Wildman–Crippen LogP) is 2.59. The molecule has 1 unspecified atom stereocenters. The topological polar surface area (TPSA) is 84.4 Å². The number of carbonyl (C=O) groups is 3. The molecular formula is C21H24F6N4O4. The molecule has 35 heavy (non-hydrogen) atoms. The predicted molar refractivity (Wildman–Crippen MR) is 112 cm³/mol. The van der Waals surface area contributed by atoms with E-state index >= 15 is 0 Å². The average Bonchev–Trinajstić information content (AvgIpc) is 2.78. The van der Waals surface area contributed by atoms with Crippen molar-refractivity contribution in [3.05, 3.63) is 23.8 Å². The van der Waals surface area contributed by atoms with Crippen LogP contribution in [0.4, 0.5) is 37.7 Å². The molecule has 3 rings (SSSR count). The highest BCUT2D eigenvalue weighted by Gasteiger charge is 2.49. The van der Waals surface area contributed by atoms with Crippen molar-refractivity contribution in [1.29, 1.82) is 0 Å². The molecule has 2 saturated heterocycles. The van der Waals surface area contributed by atoms with Gasteiger partial charge in [0.2, 0.25) is 0 Å². The highest BCUT2D eigenvalue weighted by atomic mass is 19.4. The van der Waals surface area contributed by atoms with Gasteiger partial charge in [-0.1, -0.05) is 0 Å². The summed E-state index contributed by atoms with van der Waals surface area (Å²) in [6.07, 6.45) is -10.9. The van der Waals surface area contributed by atoms with Crippen LogP contribution in [0.2, 0.25) is 0 Å². The highest BCUT2D eigenvalue weighted by molar-refractivity contribution is 6.05. The van der Waals surface area contributed by atoms with Gasteiger partial charge < -0.3 is 19.8 Å². The van der Waals surface area contributed by atoms with Crippen LogP contribution in [-0.4, -0.2) is 97.4 Å². The number of nitrogens with zero attached hydrogens (tertiary/aromatic N) is 4. The summed E-state index contributed by atoms with van der Waals surface area (Å²) in [5.41, 5.74) is -0.820. The number of benzene rings is 1.